The zero-order valence-corrected chi connectivity index (χ0v) is 23.3. The Morgan fingerprint density at radius 2 is 1.30 bits per heavy atom. The number of aryl methyl sites for hydroxylation is 1. The van der Waals surface area contributed by atoms with E-state index >= 15 is 0 Å². The van der Waals surface area contributed by atoms with E-state index in [0.29, 0.717) is 5.56 Å². The summed E-state index contributed by atoms with van der Waals surface area (Å²) >= 11 is 0. The second-order valence-electron chi connectivity index (χ2n) is 9.49. The lowest BCUT2D eigenvalue weighted by Gasteiger charge is -2.29. The maximum atomic E-state index is 13.9. The van der Waals surface area contributed by atoms with Gasteiger partial charge in [-0.2, -0.15) is 4.31 Å². The Bertz CT molecular complexity index is 1510. The van der Waals surface area contributed by atoms with Crippen molar-refractivity contribution in [2.24, 2.45) is 0 Å². The van der Waals surface area contributed by atoms with Gasteiger partial charge < -0.3 is 10.1 Å². The summed E-state index contributed by atoms with van der Waals surface area (Å²) in [5, 5.41) is 2.79. The van der Waals surface area contributed by atoms with Gasteiger partial charge >= 0.3 is 5.97 Å². The first-order valence-corrected chi connectivity index (χ1v) is 14.3. The molecule has 0 spiro atoms. The van der Waals surface area contributed by atoms with Gasteiger partial charge in [0.25, 0.3) is 0 Å². The van der Waals surface area contributed by atoms with Gasteiger partial charge in [-0.1, -0.05) is 109 Å². The fraction of sp³-hybridized carbons (Fsp3) is 0.188. The van der Waals surface area contributed by atoms with E-state index in [1.807, 2.05) is 67.6 Å². The average Bonchev–Trinajstić information content (AvgIpc) is 2.97. The largest absolute Gasteiger partial charge is 0.459 e. The molecule has 1 amide bonds. The van der Waals surface area contributed by atoms with E-state index < -0.39 is 34.0 Å². The van der Waals surface area contributed by atoms with Crippen LogP contribution in [-0.4, -0.2) is 37.7 Å². The lowest BCUT2D eigenvalue weighted by Crippen LogP contribution is -2.49. The molecular weight excluding hydrogens is 524 g/mol. The average molecular weight is 557 g/mol. The number of esters is 1. The molecule has 2 atom stereocenters. The van der Waals surface area contributed by atoms with Crippen molar-refractivity contribution in [3.8, 4) is 0 Å². The van der Waals surface area contributed by atoms with Gasteiger partial charge in [0, 0.05) is 13.5 Å². The van der Waals surface area contributed by atoms with Crippen molar-refractivity contribution in [1.29, 1.82) is 0 Å². The molecule has 0 bridgehead atoms. The minimum atomic E-state index is -4.05. The van der Waals surface area contributed by atoms with Gasteiger partial charge in [0.05, 0.1) is 4.90 Å². The van der Waals surface area contributed by atoms with Crippen LogP contribution in [-0.2, 0) is 37.4 Å². The van der Waals surface area contributed by atoms with E-state index in [-0.39, 0.29) is 17.9 Å². The molecule has 0 heterocycles. The fourth-order valence-corrected chi connectivity index (χ4v) is 5.61. The van der Waals surface area contributed by atoms with Crippen LogP contribution in [0.1, 0.15) is 28.3 Å². The smallest absolute Gasteiger partial charge is 0.329 e. The van der Waals surface area contributed by atoms with Gasteiger partial charge in [0.2, 0.25) is 15.9 Å². The van der Waals surface area contributed by atoms with Crippen LogP contribution in [0.4, 0.5) is 0 Å². The number of amides is 1. The highest BCUT2D eigenvalue weighted by molar-refractivity contribution is 7.89. The van der Waals surface area contributed by atoms with Crippen molar-refractivity contribution in [1.82, 2.24) is 9.62 Å². The van der Waals surface area contributed by atoms with Crippen LogP contribution in [0.5, 0.6) is 0 Å². The number of carbonyl (C=O) groups is 2. The highest BCUT2D eigenvalue weighted by Crippen LogP contribution is 2.27. The zero-order chi connectivity index (χ0) is 28.5. The van der Waals surface area contributed by atoms with Crippen LogP contribution < -0.4 is 5.32 Å². The Kier molecular flexibility index (Phi) is 9.47. The number of benzene rings is 4. The number of nitrogens with zero attached hydrogens (tertiary/aromatic N) is 1. The predicted octanol–water partition coefficient (Wildman–Crippen LogP) is 4.83. The first-order valence-electron chi connectivity index (χ1n) is 12.9. The minimum Gasteiger partial charge on any atom is -0.459 e. The summed E-state index contributed by atoms with van der Waals surface area (Å²) in [5.74, 6) is -1.25. The standard InChI is InChI=1S/C32H32N2O5S/c1-24-18-20-28(21-19-24)40(37,38)34(2)30(27-16-10-5-11-17-27)31(35)33-29(22-25-12-6-3-7-13-25)32(36)39-23-26-14-8-4-9-15-26/h3-21,29-30H,22-23H2,1-2H3,(H,33,35)/t29-,30?/m0/s1. The van der Waals surface area contributed by atoms with Crippen molar-refractivity contribution in [3.05, 3.63) is 138 Å². The lowest BCUT2D eigenvalue weighted by molar-refractivity contribution is -0.149. The molecule has 7 nitrogen and oxygen atoms in total. The molecule has 1 unspecified atom stereocenters. The van der Waals surface area contributed by atoms with Crippen molar-refractivity contribution >= 4 is 21.9 Å². The first kappa shape index (κ1) is 28.7. The van der Waals surface area contributed by atoms with Crippen LogP contribution in [0.25, 0.3) is 0 Å². The number of ether oxygens (including phenoxy) is 1. The van der Waals surface area contributed by atoms with Gasteiger partial charge in [-0.05, 0) is 35.7 Å². The molecule has 0 saturated carbocycles. The number of likely N-dealkylation sites (N-methyl/N-ethyl adjacent to an activating group) is 1. The van der Waals surface area contributed by atoms with Crippen molar-refractivity contribution < 1.29 is 22.7 Å². The molecule has 40 heavy (non-hydrogen) atoms. The second-order valence-corrected chi connectivity index (χ2v) is 11.5. The monoisotopic (exact) mass is 556 g/mol. The Morgan fingerprint density at radius 3 is 1.88 bits per heavy atom. The highest BCUT2D eigenvalue weighted by Gasteiger charge is 2.36. The van der Waals surface area contributed by atoms with Gasteiger partial charge in [-0.15, -0.1) is 0 Å². The molecule has 0 aliphatic rings. The van der Waals surface area contributed by atoms with E-state index in [2.05, 4.69) is 5.32 Å². The summed E-state index contributed by atoms with van der Waals surface area (Å²) in [6.07, 6.45) is 0.177. The molecule has 0 aromatic heterocycles. The number of hydrogen-bond donors (Lipinski definition) is 1. The van der Waals surface area contributed by atoms with E-state index in [1.165, 1.54) is 19.2 Å². The molecule has 4 aromatic carbocycles. The number of rotatable bonds is 11. The van der Waals surface area contributed by atoms with Crippen LogP contribution in [0.15, 0.2) is 120 Å². The van der Waals surface area contributed by atoms with Gasteiger partial charge in [0.15, 0.2) is 0 Å². The molecule has 1 N–H and O–H groups in total. The minimum absolute atomic E-state index is 0.0463. The Labute approximate surface area is 235 Å². The Morgan fingerprint density at radius 1 is 0.775 bits per heavy atom. The topological polar surface area (TPSA) is 92.8 Å². The van der Waals surface area contributed by atoms with Crippen molar-refractivity contribution in [2.45, 2.75) is 36.9 Å². The molecule has 0 fully saturated rings. The quantitative estimate of drug-likeness (QED) is 0.267. The van der Waals surface area contributed by atoms with Crippen molar-refractivity contribution in [3.63, 3.8) is 0 Å². The van der Waals surface area contributed by atoms with E-state index in [1.54, 1.807) is 42.5 Å². The SMILES string of the molecule is Cc1ccc(S(=O)(=O)N(C)C(C(=O)N[C@@H](Cc2ccccc2)C(=O)OCc2ccccc2)c2ccccc2)cc1. The number of carbonyl (C=O) groups excluding carboxylic acids is 2. The van der Waals surface area contributed by atoms with Crippen LogP contribution in [0.3, 0.4) is 0 Å². The summed E-state index contributed by atoms with van der Waals surface area (Å²) in [6, 6.07) is 31.3. The third-order valence-corrected chi connectivity index (χ3v) is 8.37. The predicted molar refractivity (Wildman–Crippen MR) is 154 cm³/mol. The Balaban J connectivity index is 1.63. The molecule has 4 rings (SSSR count). The van der Waals surface area contributed by atoms with Crippen molar-refractivity contribution in [2.75, 3.05) is 7.05 Å². The molecule has 4 aromatic rings. The number of sulfonamides is 1. The second kappa shape index (κ2) is 13.2. The third-order valence-electron chi connectivity index (χ3n) is 6.53. The molecule has 0 aliphatic heterocycles. The maximum absolute atomic E-state index is 13.9. The highest BCUT2D eigenvalue weighted by atomic mass is 32.2. The lowest BCUT2D eigenvalue weighted by atomic mass is 10.0. The summed E-state index contributed by atoms with van der Waals surface area (Å²) in [5.41, 5.74) is 3.01. The molecule has 0 radical (unpaired) electrons. The molecule has 8 heteroatoms. The van der Waals surface area contributed by atoms with E-state index in [4.69, 9.17) is 4.74 Å². The van der Waals surface area contributed by atoms with E-state index in [9.17, 15) is 18.0 Å². The first-order chi connectivity index (χ1) is 19.3. The zero-order valence-electron chi connectivity index (χ0n) is 22.4. The van der Waals surface area contributed by atoms with Gasteiger partial charge in [0.1, 0.15) is 18.7 Å². The van der Waals surface area contributed by atoms with Crippen LogP contribution >= 0.6 is 0 Å². The molecule has 0 saturated heterocycles. The van der Waals surface area contributed by atoms with Crippen LogP contribution in [0, 0.1) is 6.92 Å². The maximum Gasteiger partial charge on any atom is 0.329 e. The third kappa shape index (κ3) is 7.22. The Hall–Kier alpha value is -4.27. The fourth-order valence-electron chi connectivity index (χ4n) is 4.30. The normalized spacial score (nSPS) is 12.9. The summed E-state index contributed by atoms with van der Waals surface area (Å²) < 4.78 is 33.8. The summed E-state index contributed by atoms with van der Waals surface area (Å²) in [6.45, 7) is 1.91. The van der Waals surface area contributed by atoms with E-state index in [0.717, 1.165) is 21.0 Å². The number of nitrogens with one attached hydrogen (secondary N) is 1. The van der Waals surface area contributed by atoms with Gasteiger partial charge in [-0.3, -0.25) is 4.79 Å². The summed E-state index contributed by atoms with van der Waals surface area (Å²) in [4.78, 5) is 27.2. The van der Waals surface area contributed by atoms with Gasteiger partial charge in [-0.25, -0.2) is 13.2 Å². The summed E-state index contributed by atoms with van der Waals surface area (Å²) in [7, 11) is -2.69. The van der Waals surface area contributed by atoms with Crippen LogP contribution in [0.2, 0.25) is 0 Å². The molecule has 0 aliphatic carbocycles. The molecule has 206 valence electrons. The number of hydrogen-bond acceptors (Lipinski definition) is 5. The molecular formula is C32H32N2O5S.